The topological polar surface area (TPSA) is 26.4 Å². The Labute approximate surface area is 117 Å². The molecule has 0 saturated carbocycles. The molecule has 19 heavy (non-hydrogen) atoms. The van der Waals surface area contributed by atoms with Gasteiger partial charge in [-0.2, -0.15) is 0 Å². The highest BCUT2D eigenvalue weighted by Crippen LogP contribution is 2.30. The van der Waals surface area contributed by atoms with Gasteiger partial charge in [0.1, 0.15) is 0 Å². The summed E-state index contributed by atoms with van der Waals surface area (Å²) >= 11 is 1.55. The molecule has 3 nitrogen and oxygen atoms in total. The quantitative estimate of drug-likeness (QED) is 0.767. The van der Waals surface area contributed by atoms with Crippen LogP contribution in [0.5, 0.6) is 0 Å². The average molecular weight is 272 g/mol. The van der Waals surface area contributed by atoms with Gasteiger partial charge in [-0.15, -0.1) is 11.3 Å². The fourth-order valence-corrected chi connectivity index (χ4v) is 2.63. The summed E-state index contributed by atoms with van der Waals surface area (Å²) in [4.78, 5) is 16.7. The maximum Gasteiger partial charge on any atom is 0.259 e. The molecule has 0 N–H and O–H groups in total. The number of aromatic nitrogens is 1. The van der Waals surface area contributed by atoms with E-state index in [9.17, 15) is 4.79 Å². The van der Waals surface area contributed by atoms with Crippen molar-refractivity contribution in [2.45, 2.75) is 26.8 Å². The van der Waals surface area contributed by atoms with Crippen LogP contribution in [0.25, 0.3) is 15.3 Å². The van der Waals surface area contributed by atoms with Gasteiger partial charge in [0.25, 0.3) is 11.2 Å². The summed E-state index contributed by atoms with van der Waals surface area (Å²) in [6.07, 6.45) is 2.74. The molecular weight excluding hydrogens is 256 g/mol. The SMILES string of the molecule is [C-]#[N+]c1c(-c2cccs2)ccn(CCC(C)C)c1=O. The van der Waals surface area contributed by atoms with Gasteiger partial charge < -0.3 is 4.57 Å². The molecule has 0 fully saturated rings. The van der Waals surface area contributed by atoms with Crippen LogP contribution in [-0.4, -0.2) is 4.57 Å². The largest absolute Gasteiger partial charge is 0.324 e. The standard InChI is InChI=1S/C15H16N2OS/c1-11(2)6-8-17-9-7-12(13-5-4-10-19-13)14(16-3)15(17)18/h4-5,7,9-11H,6,8H2,1-2H3. The molecule has 0 spiro atoms. The molecule has 0 aliphatic carbocycles. The van der Waals surface area contributed by atoms with Crippen LogP contribution in [-0.2, 0) is 6.54 Å². The maximum atomic E-state index is 12.3. The van der Waals surface area contributed by atoms with Gasteiger partial charge in [-0.1, -0.05) is 19.9 Å². The third kappa shape index (κ3) is 2.94. The zero-order chi connectivity index (χ0) is 13.8. The number of thiophene rings is 1. The summed E-state index contributed by atoms with van der Waals surface area (Å²) in [5, 5.41) is 1.95. The van der Waals surface area contributed by atoms with Crippen LogP contribution in [0.2, 0.25) is 0 Å². The van der Waals surface area contributed by atoms with Crippen molar-refractivity contribution >= 4 is 17.0 Å². The number of hydrogen-bond acceptors (Lipinski definition) is 2. The predicted molar refractivity (Wildman–Crippen MR) is 79.7 cm³/mol. The number of rotatable bonds is 4. The molecule has 2 aromatic heterocycles. The first-order valence-electron chi connectivity index (χ1n) is 6.28. The monoisotopic (exact) mass is 272 g/mol. The maximum absolute atomic E-state index is 12.3. The molecule has 0 bridgehead atoms. The van der Waals surface area contributed by atoms with Crippen molar-refractivity contribution in [1.82, 2.24) is 4.57 Å². The number of aryl methyl sites for hydroxylation is 1. The first-order chi connectivity index (χ1) is 9.13. The number of hydrogen-bond donors (Lipinski definition) is 0. The van der Waals surface area contributed by atoms with Gasteiger partial charge in [-0.3, -0.25) is 4.79 Å². The van der Waals surface area contributed by atoms with Gasteiger partial charge >= 0.3 is 0 Å². The zero-order valence-corrected chi connectivity index (χ0v) is 11.9. The lowest BCUT2D eigenvalue weighted by atomic mass is 10.1. The predicted octanol–water partition coefficient (Wildman–Crippen LogP) is 4.17. The van der Waals surface area contributed by atoms with E-state index in [0.717, 1.165) is 16.9 Å². The van der Waals surface area contributed by atoms with Crippen molar-refractivity contribution in [2.24, 2.45) is 5.92 Å². The van der Waals surface area contributed by atoms with Crippen molar-refractivity contribution in [3.63, 3.8) is 0 Å². The van der Waals surface area contributed by atoms with Gasteiger partial charge in [0, 0.05) is 23.2 Å². The number of nitrogens with zero attached hydrogens (tertiary/aromatic N) is 2. The Bertz CT molecular complexity index is 648. The summed E-state index contributed by atoms with van der Waals surface area (Å²) in [7, 11) is 0. The minimum absolute atomic E-state index is 0.179. The van der Waals surface area contributed by atoms with Crippen LogP contribution in [0.15, 0.2) is 34.6 Å². The van der Waals surface area contributed by atoms with E-state index < -0.39 is 0 Å². The lowest BCUT2D eigenvalue weighted by Gasteiger charge is -2.10. The van der Waals surface area contributed by atoms with E-state index >= 15 is 0 Å². The van der Waals surface area contributed by atoms with E-state index in [1.165, 1.54) is 0 Å². The molecule has 0 amide bonds. The van der Waals surface area contributed by atoms with Crippen LogP contribution >= 0.6 is 11.3 Å². The molecule has 98 valence electrons. The average Bonchev–Trinajstić information content (AvgIpc) is 2.90. The molecule has 2 rings (SSSR count). The van der Waals surface area contributed by atoms with Gasteiger partial charge in [0.05, 0.1) is 6.57 Å². The molecule has 4 heteroatoms. The van der Waals surface area contributed by atoms with Crippen LogP contribution in [0.1, 0.15) is 20.3 Å². The molecular formula is C15H16N2OS. The minimum atomic E-state index is -0.179. The summed E-state index contributed by atoms with van der Waals surface area (Å²) in [6.45, 7) is 12.2. The van der Waals surface area contributed by atoms with Crippen LogP contribution in [0.4, 0.5) is 5.69 Å². The zero-order valence-electron chi connectivity index (χ0n) is 11.1. The van der Waals surface area contributed by atoms with Gasteiger partial charge in [0.2, 0.25) is 0 Å². The van der Waals surface area contributed by atoms with E-state index in [1.54, 1.807) is 22.1 Å². The highest BCUT2D eigenvalue weighted by Gasteiger charge is 2.12. The van der Waals surface area contributed by atoms with Crippen molar-refractivity contribution in [2.75, 3.05) is 0 Å². The fraction of sp³-hybridized carbons (Fsp3) is 0.333. The van der Waals surface area contributed by atoms with Crippen molar-refractivity contribution < 1.29 is 0 Å². The minimum Gasteiger partial charge on any atom is -0.324 e. The third-order valence-corrected chi connectivity index (χ3v) is 3.89. The lowest BCUT2D eigenvalue weighted by Crippen LogP contribution is -2.20. The van der Waals surface area contributed by atoms with E-state index in [4.69, 9.17) is 6.57 Å². The Morgan fingerprint density at radius 3 is 2.79 bits per heavy atom. The van der Waals surface area contributed by atoms with Crippen LogP contribution in [0.3, 0.4) is 0 Å². The molecule has 0 aromatic carbocycles. The molecule has 0 radical (unpaired) electrons. The van der Waals surface area contributed by atoms with Gasteiger partial charge in [-0.05, 0) is 29.9 Å². The summed E-state index contributed by atoms with van der Waals surface area (Å²) in [5.74, 6) is 0.542. The normalized spacial score (nSPS) is 10.6. The third-order valence-electron chi connectivity index (χ3n) is 2.99. The van der Waals surface area contributed by atoms with E-state index in [-0.39, 0.29) is 11.2 Å². The molecule has 0 atom stereocenters. The molecule has 0 saturated heterocycles. The molecule has 2 heterocycles. The smallest absolute Gasteiger partial charge is 0.259 e. The Morgan fingerprint density at radius 2 is 2.21 bits per heavy atom. The van der Waals surface area contributed by atoms with Gasteiger partial charge in [0.15, 0.2) is 0 Å². The second-order valence-corrected chi connectivity index (χ2v) is 5.80. The number of pyridine rings is 1. The second-order valence-electron chi connectivity index (χ2n) is 4.85. The van der Waals surface area contributed by atoms with Crippen molar-refractivity contribution in [3.8, 4) is 10.4 Å². The van der Waals surface area contributed by atoms with E-state index in [0.29, 0.717) is 12.5 Å². The summed E-state index contributed by atoms with van der Waals surface area (Å²) < 4.78 is 1.64. The van der Waals surface area contributed by atoms with Gasteiger partial charge in [-0.25, -0.2) is 4.85 Å². The Kier molecular flexibility index (Phi) is 4.18. The lowest BCUT2D eigenvalue weighted by molar-refractivity contribution is 0.509. The molecule has 0 aliphatic heterocycles. The first-order valence-corrected chi connectivity index (χ1v) is 7.16. The van der Waals surface area contributed by atoms with Crippen LogP contribution in [0, 0.1) is 12.5 Å². The van der Waals surface area contributed by atoms with Crippen LogP contribution < -0.4 is 5.56 Å². The Morgan fingerprint density at radius 1 is 1.42 bits per heavy atom. The highest BCUT2D eigenvalue weighted by molar-refractivity contribution is 7.13. The summed E-state index contributed by atoms with van der Waals surface area (Å²) in [5.41, 5.74) is 0.797. The molecule has 0 unspecified atom stereocenters. The van der Waals surface area contributed by atoms with Crippen molar-refractivity contribution in [1.29, 1.82) is 0 Å². The molecule has 0 aliphatic rings. The van der Waals surface area contributed by atoms with E-state index in [1.807, 2.05) is 23.6 Å². The van der Waals surface area contributed by atoms with E-state index in [2.05, 4.69) is 18.7 Å². The first kappa shape index (κ1) is 13.6. The highest BCUT2D eigenvalue weighted by atomic mass is 32.1. The Balaban J connectivity index is 2.43. The van der Waals surface area contributed by atoms with Crippen molar-refractivity contribution in [3.05, 3.63) is 51.5 Å². The molecule has 2 aromatic rings. The Hall–Kier alpha value is -1.86. The second kappa shape index (κ2) is 5.85. The summed E-state index contributed by atoms with van der Waals surface area (Å²) in [6, 6.07) is 5.74. The fourth-order valence-electron chi connectivity index (χ4n) is 1.87.